The molecule has 144 valence electrons. The molecule has 1 fully saturated rings. The minimum Gasteiger partial charge on any atom is -0.480 e. The van der Waals surface area contributed by atoms with Gasteiger partial charge in [0.1, 0.15) is 11.5 Å². The van der Waals surface area contributed by atoms with Gasteiger partial charge >= 0.3 is 5.97 Å². The second kappa shape index (κ2) is 7.67. The zero-order valence-electron chi connectivity index (χ0n) is 15.2. The summed E-state index contributed by atoms with van der Waals surface area (Å²) < 4.78 is 0. The first-order chi connectivity index (χ1) is 13.6. The molecular formula is C20H21N5O3. The maximum atomic E-state index is 12.7. The number of nitrogens with one attached hydrogen (secondary N) is 1. The summed E-state index contributed by atoms with van der Waals surface area (Å²) in [5.74, 6) is -0.422. The van der Waals surface area contributed by atoms with Crippen LogP contribution in [0.3, 0.4) is 0 Å². The molecule has 2 aliphatic rings. The van der Waals surface area contributed by atoms with Crippen LogP contribution in [0.15, 0.2) is 59.8 Å². The highest BCUT2D eigenvalue weighted by molar-refractivity contribution is 6.40. The van der Waals surface area contributed by atoms with Crippen LogP contribution in [0.4, 0.5) is 11.5 Å². The Kier molecular flexibility index (Phi) is 4.92. The zero-order chi connectivity index (χ0) is 19.5. The van der Waals surface area contributed by atoms with E-state index in [-0.39, 0.29) is 24.1 Å². The van der Waals surface area contributed by atoms with Gasteiger partial charge in [-0.15, -0.1) is 0 Å². The number of aromatic nitrogens is 1. The Morgan fingerprint density at radius 3 is 2.61 bits per heavy atom. The minimum absolute atomic E-state index is 0.0220. The van der Waals surface area contributed by atoms with Crippen LogP contribution in [0.25, 0.3) is 0 Å². The second-order valence-electron chi connectivity index (χ2n) is 6.88. The van der Waals surface area contributed by atoms with Crippen molar-refractivity contribution in [2.75, 3.05) is 23.0 Å². The molecule has 2 atom stereocenters. The number of rotatable bonds is 5. The molecule has 0 saturated carbocycles. The lowest BCUT2D eigenvalue weighted by atomic mass is 10.1. The van der Waals surface area contributed by atoms with Crippen LogP contribution in [0, 0.1) is 0 Å². The normalized spacial score (nSPS) is 21.5. The molecule has 2 aliphatic heterocycles. The summed E-state index contributed by atoms with van der Waals surface area (Å²) in [5, 5.41) is 18.2. The first-order valence-corrected chi connectivity index (χ1v) is 9.23. The Labute approximate surface area is 162 Å². The quantitative estimate of drug-likeness (QED) is 0.817. The van der Waals surface area contributed by atoms with Crippen molar-refractivity contribution >= 4 is 29.1 Å². The van der Waals surface area contributed by atoms with Crippen LogP contribution in [0.5, 0.6) is 0 Å². The van der Waals surface area contributed by atoms with Gasteiger partial charge in [-0.2, -0.15) is 5.10 Å². The fourth-order valence-electron chi connectivity index (χ4n) is 3.55. The number of carbonyl (C=O) groups excluding carboxylic acids is 1. The molecule has 1 aromatic heterocycles. The molecule has 0 aliphatic carbocycles. The molecule has 2 aromatic rings. The minimum atomic E-state index is -1.00. The first-order valence-electron chi connectivity index (χ1n) is 9.23. The van der Waals surface area contributed by atoms with Crippen molar-refractivity contribution in [1.29, 1.82) is 0 Å². The lowest BCUT2D eigenvalue weighted by Gasteiger charge is -2.19. The SMILES string of the molecule is O=C(NC1CCN(c2ccccn2)C1)C1=NN(c2ccccc2)C(C(=O)O)C1. The predicted molar refractivity (Wildman–Crippen MR) is 105 cm³/mol. The number of hydrazone groups is 1. The molecule has 1 aromatic carbocycles. The Bertz CT molecular complexity index is 887. The first kappa shape index (κ1) is 18.0. The van der Waals surface area contributed by atoms with Crippen molar-refractivity contribution in [1.82, 2.24) is 10.3 Å². The Hall–Kier alpha value is -3.42. The molecule has 2 unspecified atom stereocenters. The number of anilines is 2. The smallest absolute Gasteiger partial charge is 0.328 e. The van der Waals surface area contributed by atoms with Gasteiger partial charge in [0.25, 0.3) is 5.91 Å². The lowest BCUT2D eigenvalue weighted by Crippen LogP contribution is -2.41. The van der Waals surface area contributed by atoms with Crippen LogP contribution in [0.1, 0.15) is 12.8 Å². The van der Waals surface area contributed by atoms with Crippen LogP contribution in [-0.2, 0) is 9.59 Å². The highest BCUT2D eigenvalue weighted by atomic mass is 16.4. The Balaban J connectivity index is 1.43. The van der Waals surface area contributed by atoms with E-state index in [0.717, 1.165) is 18.8 Å². The van der Waals surface area contributed by atoms with E-state index < -0.39 is 12.0 Å². The fourth-order valence-corrected chi connectivity index (χ4v) is 3.55. The largest absolute Gasteiger partial charge is 0.480 e. The number of carboxylic acids is 1. The number of amides is 1. The summed E-state index contributed by atoms with van der Waals surface area (Å²) >= 11 is 0. The average Bonchev–Trinajstić information content (AvgIpc) is 3.37. The third-order valence-corrected chi connectivity index (χ3v) is 4.98. The number of para-hydroxylation sites is 1. The summed E-state index contributed by atoms with van der Waals surface area (Å²) in [6.45, 7) is 1.48. The highest BCUT2D eigenvalue weighted by Gasteiger charge is 2.37. The van der Waals surface area contributed by atoms with Gasteiger partial charge in [0.15, 0.2) is 6.04 Å². The van der Waals surface area contributed by atoms with Crippen molar-refractivity contribution < 1.29 is 14.7 Å². The van der Waals surface area contributed by atoms with Gasteiger partial charge in [0, 0.05) is 31.7 Å². The van der Waals surface area contributed by atoms with Crippen molar-refractivity contribution in [3.8, 4) is 0 Å². The third-order valence-electron chi connectivity index (χ3n) is 4.98. The van der Waals surface area contributed by atoms with E-state index in [1.54, 1.807) is 18.3 Å². The van der Waals surface area contributed by atoms with Gasteiger partial charge in [-0.3, -0.25) is 9.80 Å². The third kappa shape index (κ3) is 3.66. The predicted octanol–water partition coefficient (Wildman–Crippen LogP) is 1.50. The van der Waals surface area contributed by atoms with E-state index in [9.17, 15) is 14.7 Å². The Morgan fingerprint density at radius 2 is 1.89 bits per heavy atom. The van der Waals surface area contributed by atoms with Crippen molar-refractivity contribution in [2.24, 2.45) is 5.10 Å². The van der Waals surface area contributed by atoms with E-state index in [4.69, 9.17) is 0 Å². The molecule has 3 heterocycles. The van der Waals surface area contributed by atoms with Crippen molar-refractivity contribution in [3.63, 3.8) is 0 Å². The van der Waals surface area contributed by atoms with E-state index in [1.165, 1.54) is 5.01 Å². The topological polar surface area (TPSA) is 98.1 Å². The molecule has 0 bridgehead atoms. The number of benzene rings is 1. The highest BCUT2D eigenvalue weighted by Crippen LogP contribution is 2.25. The van der Waals surface area contributed by atoms with Gasteiger partial charge in [0.05, 0.1) is 5.69 Å². The molecular weight excluding hydrogens is 358 g/mol. The van der Waals surface area contributed by atoms with Gasteiger partial charge in [0.2, 0.25) is 0 Å². The van der Waals surface area contributed by atoms with Crippen molar-refractivity contribution in [3.05, 3.63) is 54.7 Å². The summed E-state index contributed by atoms with van der Waals surface area (Å²) in [6, 6.07) is 13.9. The summed E-state index contributed by atoms with van der Waals surface area (Å²) in [5.41, 5.74) is 0.896. The number of carboxylic acid groups (broad SMARTS) is 1. The standard InChI is InChI=1S/C20H21N5O3/c26-19(22-14-9-11-24(13-14)18-8-4-5-10-21-18)16-12-17(20(27)28)25(23-16)15-6-2-1-3-7-15/h1-8,10,14,17H,9,11-13H2,(H,22,26)(H,27,28). The maximum Gasteiger partial charge on any atom is 0.328 e. The Morgan fingerprint density at radius 1 is 1.11 bits per heavy atom. The lowest BCUT2D eigenvalue weighted by molar-refractivity contribution is -0.138. The number of carbonyl (C=O) groups is 2. The number of pyridine rings is 1. The number of nitrogens with zero attached hydrogens (tertiary/aromatic N) is 4. The molecule has 1 amide bonds. The van der Waals surface area contributed by atoms with Crippen LogP contribution in [0.2, 0.25) is 0 Å². The van der Waals surface area contributed by atoms with Crippen LogP contribution in [-0.4, -0.2) is 52.9 Å². The monoisotopic (exact) mass is 379 g/mol. The fraction of sp³-hybridized carbons (Fsp3) is 0.300. The van der Waals surface area contributed by atoms with Gasteiger partial charge < -0.3 is 15.3 Å². The molecule has 0 radical (unpaired) electrons. The van der Waals surface area contributed by atoms with Crippen LogP contribution >= 0.6 is 0 Å². The summed E-state index contributed by atoms with van der Waals surface area (Å²) in [6.07, 6.45) is 2.63. The average molecular weight is 379 g/mol. The number of hydrogen-bond acceptors (Lipinski definition) is 6. The molecule has 2 N–H and O–H groups in total. The molecule has 8 heteroatoms. The summed E-state index contributed by atoms with van der Waals surface area (Å²) in [7, 11) is 0. The molecule has 8 nitrogen and oxygen atoms in total. The molecule has 4 rings (SSSR count). The van der Waals surface area contributed by atoms with E-state index in [2.05, 4.69) is 20.3 Å². The van der Waals surface area contributed by atoms with Gasteiger partial charge in [-0.1, -0.05) is 24.3 Å². The van der Waals surface area contributed by atoms with E-state index in [0.29, 0.717) is 12.2 Å². The van der Waals surface area contributed by atoms with Gasteiger partial charge in [-0.05, 0) is 30.7 Å². The summed E-state index contributed by atoms with van der Waals surface area (Å²) in [4.78, 5) is 30.8. The second-order valence-corrected chi connectivity index (χ2v) is 6.88. The molecule has 1 saturated heterocycles. The molecule has 0 spiro atoms. The van der Waals surface area contributed by atoms with Gasteiger partial charge in [-0.25, -0.2) is 9.78 Å². The zero-order valence-corrected chi connectivity index (χ0v) is 15.2. The van der Waals surface area contributed by atoms with Crippen molar-refractivity contribution in [2.45, 2.75) is 24.9 Å². The number of hydrogen-bond donors (Lipinski definition) is 2. The van der Waals surface area contributed by atoms with Crippen LogP contribution < -0.4 is 15.2 Å². The molecule has 28 heavy (non-hydrogen) atoms. The maximum absolute atomic E-state index is 12.7. The van der Waals surface area contributed by atoms with E-state index in [1.807, 2.05) is 36.4 Å². The number of aliphatic carboxylic acids is 1. The van der Waals surface area contributed by atoms with E-state index >= 15 is 0 Å².